The molecule has 9 heteroatoms. The summed E-state index contributed by atoms with van der Waals surface area (Å²) in [6, 6.07) is 14.2. The van der Waals surface area contributed by atoms with Crippen LogP contribution in [0.1, 0.15) is 36.2 Å². The van der Waals surface area contributed by atoms with Crippen LogP contribution in [0, 0.1) is 13.8 Å². The number of aryl methyl sites for hydroxylation is 3. The highest BCUT2D eigenvalue weighted by Crippen LogP contribution is 2.31. The third-order valence-electron chi connectivity index (χ3n) is 5.02. The van der Waals surface area contributed by atoms with E-state index in [-0.39, 0.29) is 5.91 Å². The van der Waals surface area contributed by atoms with Crippen LogP contribution >= 0.6 is 23.1 Å². The molecule has 0 spiro atoms. The molecule has 2 aromatic carbocycles. The first-order chi connectivity index (χ1) is 15.5. The molecule has 7 nitrogen and oxygen atoms in total. The Balaban J connectivity index is 1.51. The van der Waals surface area contributed by atoms with Crippen LogP contribution in [0.5, 0.6) is 0 Å². The molecule has 2 aromatic heterocycles. The first kappa shape index (κ1) is 22.2. The Hall–Kier alpha value is -3.04. The molecule has 0 saturated heterocycles. The number of nitrogens with zero attached hydrogens (tertiary/aromatic N) is 6. The lowest BCUT2D eigenvalue weighted by Crippen LogP contribution is -2.22. The minimum Gasteiger partial charge on any atom is -0.274 e. The maximum Gasteiger partial charge on any atom is 0.230 e. The van der Waals surface area contributed by atoms with Gasteiger partial charge >= 0.3 is 0 Å². The van der Waals surface area contributed by atoms with Crippen molar-refractivity contribution in [2.24, 2.45) is 0 Å². The highest BCUT2D eigenvalue weighted by atomic mass is 32.2. The summed E-state index contributed by atoms with van der Waals surface area (Å²) in [5, 5.41) is 15.5. The zero-order chi connectivity index (χ0) is 22.7. The van der Waals surface area contributed by atoms with Crippen molar-refractivity contribution in [2.75, 3.05) is 4.90 Å². The number of carbonyl (C=O) groups is 1. The zero-order valence-electron chi connectivity index (χ0n) is 18.4. The number of thioether (sulfide) groups is 1. The number of tetrazole rings is 1. The van der Waals surface area contributed by atoms with Crippen molar-refractivity contribution in [3.05, 3.63) is 70.2 Å². The molecule has 0 N–H and O–H groups in total. The third-order valence-corrected chi connectivity index (χ3v) is 6.85. The molecule has 0 aliphatic heterocycles. The maximum atomic E-state index is 12.4. The number of anilines is 2. The van der Waals surface area contributed by atoms with E-state index in [1.165, 1.54) is 34.2 Å². The molecule has 0 unspecified atom stereocenters. The summed E-state index contributed by atoms with van der Waals surface area (Å²) in [5.41, 5.74) is 6.20. The lowest BCUT2D eigenvalue weighted by atomic mass is 10.1. The fourth-order valence-corrected chi connectivity index (χ4v) is 5.14. The fourth-order valence-electron chi connectivity index (χ4n) is 3.37. The van der Waals surface area contributed by atoms with Crippen LogP contribution in [0.2, 0.25) is 0 Å². The monoisotopic (exact) mass is 464 g/mol. The van der Waals surface area contributed by atoms with Gasteiger partial charge in [0.25, 0.3) is 0 Å². The van der Waals surface area contributed by atoms with Crippen LogP contribution in [-0.2, 0) is 17.0 Å². The molecular formula is C23H24N6OS2. The standard InChI is InChI=1S/C23H24N6OS2/c1-5-18-7-9-20(10-8-18)28(17(4)30)22-24-19(13-31-22)14-32-23-25-26-27-29(23)21-11-6-15(2)12-16(21)3/h6-13H,5,14H2,1-4H3. The van der Waals surface area contributed by atoms with E-state index in [1.807, 2.05) is 35.7 Å². The molecule has 2 heterocycles. The van der Waals surface area contributed by atoms with Gasteiger partial charge in [0.05, 0.1) is 17.1 Å². The summed E-state index contributed by atoms with van der Waals surface area (Å²) >= 11 is 2.97. The normalized spacial score (nSPS) is 11.0. The molecule has 1 amide bonds. The molecule has 0 fully saturated rings. The number of hydrogen-bond acceptors (Lipinski definition) is 7. The molecule has 4 rings (SSSR count). The summed E-state index contributed by atoms with van der Waals surface area (Å²) in [7, 11) is 0. The van der Waals surface area contributed by atoms with Crippen LogP contribution in [0.3, 0.4) is 0 Å². The Morgan fingerprint density at radius 1 is 1.16 bits per heavy atom. The summed E-state index contributed by atoms with van der Waals surface area (Å²) in [6.45, 7) is 7.78. The second kappa shape index (κ2) is 9.62. The van der Waals surface area contributed by atoms with Crippen molar-refractivity contribution in [1.29, 1.82) is 0 Å². The first-order valence-electron chi connectivity index (χ1n) is 10.3. The first-order valence-corrected chi connectivity index (χ1v) is 12.2. The van der Waals surface area contributed by atoms with Crippen molar-refractivity contribution >= 4 is 39.8 Å². The molecule has 164 valence electrons. The van der Waals surface area contributed by atoms with Crippen molar-refractivity contribution < 1.29 is 4.79 Å². The topological polar surface area (TPSA) is 76.8 Å². The molecule has 0 radical (unpaired) electrons. The molecule has 4 aromatic rings. The van der Waals surface area contributed by atoms with Gasteiger partial charge < -0.3 is 0 Å². The van der Waals surface area contributed by atoms with E-state index in [0.29, 0.717) is 16.0 Å². The number of carbonyl (C=O) groups excluding carboxylic acids is 1. The van der Waals surface area contributed by atoms with E-state index in [4.69, 9.17) is 4.98 Å². The lowest BCUT2D eigenvalue weighted by molar-refractivity contribution is -0.115. The summed E-state index contributed by atoms with van der Waals surface area (Å²) in [6.07, 6.45) is 0.959. The number of hydrogen-bond donors (Lipinski definition) is 0. The average molecular weight is 465 g/mol. The van der Waals surface area contributed by atoms with Crippen LogP contribution < -0.4 is 4.90 Å². The SMILES string of the molecule is CCc1ccc(N(C(C)=O)c2nc(CSc3nnnn3-c3ccc(C)cc3C)cs2)cc1. The van der Waals surface area contributed by atoms with E-state index >= 15 is 0 Å². The number of thiazole rings is 1. The predicted octanol–water partition coefficient (Wildman–Crippen LogP) is 5.27. The van der Waals surface area contributed by atoms with Crippen LogP contribution in [-0.4, -0.2) is 31.1 Å². The quantitative estimate of drug-likeness (QED) is 0.347. The van der Waals surface area contributed by atoms with Gasteiger partial charge in [0.2, 0.25) is 11.1 Å². The van der Waals surface area contributed by atoms with E-state index in [2.05, 4.69) is 48.4 Å². The van der Waals surface area contributed by atoms with Crippen LogP contribution in [0.4, 0.5) is 10.8 Å². The highest BCUT2D eigenvalue weighted by molar-refractivity contribution is 7.98. The molecule has 32 heavy (non-hydrogen) atoms. The lowest BCUT2D eigenvalue weighted by Gasteiger charge is -2.18. The molecule has 0 bridgehead atoms. The predicted molar refractivity (Wildman–Crippen MR) is 129 cm³/mol. The minimum absolute atomic E-state index is 0.0680. The number of aromatic nitrogens is 5. The van der Waals surface area contributed by atoms with Gasteiger partial charge in [0.1, 0.15) is 0 Å². The summed E-state index contributed by atoms with van der Waals surface area (Å²) in [5.74, 6) is 0.532. The second-order valence-electron chi connectivity index (χ2n) is 7.45. The van der Waals surface area contributed by atoms with E-state index < -0.39 is 0 Å². The molecule has 0 atom stereocenters. The fraction of sp³-hybridized carbons (Fsp3) is 0.261. The Morgan fingerprint density at radius 3 is 2.62 bits per heavy atom. The van der Waals surface area contributed by atoms with Gasteiger partial charge in [-0.05, 0) is 60.0 Å². The molecular weight excluding hydrogens is 440 g/mol. The van der Waals surface area contributed by atoms with Crippen molar-refractivity contribution in [2.45, 2.75) is 45.0 Å². The van der Waals surface area contributed by atoms with Crippen molar-refractivity contribution in [3.8, 4) is 5.69 Å². The minimum atomic E-state index is -0.0680. The van der Waals surface area contributed by atoms with Gasteiger partial charge in [-0.15, -0.1) is 16.4 Å². The Labute approximate surface area is 195 Å². The maximum absolute atomic E-state index is 12.4. The van der Waals surface area contributed by atoms with Crippen LogP contribution in [0.25, 0.3) is 5.69 Å². The van der Waals surface area contributed by atoms with Crippen molar-refractivity contribution in [3.63, 3.8) is 0 Å². The smallest absolute Gasteiger partial charge is 0.230 e. The van der Waals surface area contributed by atoms with E-state index in [9.17, 15) is 4.79 Å². The number of amides is 1. The molecule has 0 saturated carbocycles. The Kier molecular flexibility index (Phi) is 6.66. The zero-order valence-corrected chi connectivity index (χ0v) is 20.1. The van der Waals surface area contributed by atoms with E-state index in [0.717, 1.165) is 29.1 Å². The van der Waals surface area contributed by atoms with Gasteiger partial charge in [-0.25, -0.2) is 4.98 Å². The summed E-state index contributed by atoms with van der Waals surface area (Å²) in [4.78, 5) is 18.7. The summed E-state index contributed by atoms with van der Waals surface area (Å²) < 4.78 is 1.75. The third kappa shape index (κ3) is 4.73. The molecule has 0 aliphatic carbocycles. The van der Waals surface area contributed by atoms with Crippen molar-refractivity contribution in [1.82, 2.24) is 25.2 Å². The van der Waals surface area contributed by atoms with Gasteiger partial charge in [0, 0.05) is 18.1 Å². The highest BCUT2D eigenvalue weighted by Gasteiger charge is 2.19. The number of benzene rings is 2. The van der Waals surface area contributed by atoms with Gasteiger partial charge in [-0.3, -0.25) is 9.69 Å². The van der Waals surface area contributed by atoms with E-state index in [1.54, 1.807) is 16.5 Å². The van der Waals surface area contributed by atoms with Crippen LogP contribution in [0.15, 0.2) is 53.0 Å². The Morgan fingerprint density at radius 2 is 1.94 bits per heavy atom. The number of rotatable bonds is 7. The molecule has 0 aliphatic rings. The second-order valence-corrected chi connectivity index (χ2v) is 9.23. The largest absolute Gasteiger partial charge is 0.274 e. The van der Waals surface area contributed by atoms with Gasteiger partial charge in [-0.2, -0.15) is 4.68 Å². The van der Waals surface area contributed by atoms with Gasteiger partial charge in [-0.1, -0.05) is 48.5 Å². The average Bonchev–Trinajstić information content (AvgIpc) is 3.42. The Bertz CT molecular complexity index is 1230. The van der Waals surface area contributed by atoms with Gasteiger partial charge in [0.15, 0.2) is 5.13 Å².